The third-order valence-corrected chi connectivity index (χ3v) is 10.7. The number of esters is 1. The molecule has 0 aliphatic carbocycles. The van der Waals surface area contributed by atoms with Crippen LogP contribution in [0, 0.1) is 5.92 Å². The van der Waals surface area contributed by atoms with E-state index in [0.29, 0.717) is 6.42 Å². The highest BCUT2D eigenvalue weighted by Crippen LogP contribution is 2.46. The molecule has 2 rings (SSSR count). The van der Waals surface area contributed by atoms with Crippen molar-refractivity contribution in [2.24, 2.45) is 28.9 Å². The number of amides is 6. The summed E-state index contributed by atoms with van der Waals surface area (Å²) in [7, 11) is 1.13. The summed E-state index contributed by atoms with van der Waals surface area (Å²) in [5.41, 5.74) is 19.4. The van der Waals surface area contributed by atoms with Crippen molar-refractivity contribution in [2.45, 2.75) is 106 Å². The minimum absolute atomic E-state index is 0.0193. The van der Waals surface area contributed by atoms with Gasteiger partial charge in [-0.25, -0.2) is 4.79 Å². The topological polar surface area (TPSA) is 408 Å². The van der Waals surface area contributed by atoms with Gasteiger partial charge in [0.15, 0.2) is 0 Å². The number of primary amides is 1. The van der Waals surface area contributed by atoms with Crippen LogP contribution in [0.25, 0.3) is 0 Å². The number of hydrogen-bond acceptors (Lipinski definition) is 17. The second kappa shape index (κ2) is 23.0. The lowest BCUT2D eigenvalue weighted by Gasteiger charge is -2.55. The predicted molar refractivity (Wildman–Crippen MR) is 204 cm³/mol. The van der Waals surface area contributed by atoms with E-state index in [9.17, 15) is 58.5 Å². The van der Waals surface area contributed by atoms with Gasteiger partial charge in [-0.15, -0.1) is 11.8 Å². The van der Waals surface area contributed by atoms with Crippen LogP contribution in [0.2, 0.25) is 0 Å². The summed E-state index contributed by atoms with van der Waals surface area (Å²) in [6.45, 7) is 1.96. The van der Waals surface area contributed by atoms with Gasteiger partial charge in [0.25, 0.3) is 11.6 Å². The largest absolute Gasteiger partial charge is 0.480 e. The molecule has 0 aromatic carbocycles. The van der Waals surface area contributed by atoms with Gasteiger partial charge in [0.2, 0.25) is 29.5 Å². The van der Waals surface area contributed by atoms with Gasteiger partial charge in [-0.05, 0) is 38.1 Å². The fourth-order valence-electron chi connectivity index (χ4n) is 5.98. The van der Waals surface area contributed by atoms with Gasteiger partial charge in [0.1, 0.15) is 41.8 Å². The second-order valence-corrected chi connectivity index (χ2v) is 15.2. The second-order valence-electron chi connectivity index (χ2n) is 14.1. The van der Waals surface area contributed by atoms with Gasteiger partial charge < -0.3 is 74.1 Å². The molecule has 2 aliphatic rings. The molecule has 0 radical (unpaired) electrons. The Bertz CT molecular complexity index is 1630. The number of aliphatic carboxylic acids is 2. The molecular formula is C34H55N9O15S. The van der Waals surface area contributed by atoms with Crippen LogP contribution in [0.3, 0.4) is 0 Å². The smallest absolute Gasteiger partial charge is 0.352 e. The zero-order valence-corrected chi connectivity index (χ0v) is 33.7. The third-order valence-electron chi connectivity index (χ3n) is 9.30. The van der Waals surface area contributed by atoms with Gasteiger partial charge in [0, 0.05) is 31.3 Å². The minimum Gasteiger partial charge on any atom is -0.480 e. The lowest BCUT2D eigenvalue weighted by atomic mass is 9.97. The highest BCUT2D eigenvalue weighted by Gasteiger charge is 2.66. The number of thioether (sulfide) groups is 1. The van der Waals surface area contributed by atoms with Crippen molar-refractivity contribution in [1.29, 1.82) is 0 Å². The van der Waals surface area contributed by atoms with Crippen molar-refractivity contribution in [3.05, 3.63) is 11.3 Å². The van der Waals surface area contributed by atoms with Crippen molar-refractivity contribution in [3.8, 4) is 0 Å². The SMILES string of the molecule is COC1(NC(=O)CCCC(N)C(=O)O)C(=O)N2C(C(=O)O)=C(COC(=O)CC(O)C(CC(N)=O)NC(=O)C(NC(=O)C(CCCN)NC(=O)C(N)CO)C(C)C)CSC21. The number of carboxylic acid groups (broad SMARTS) is 2. The number of aliphatic hydroxyl groups excluding tert-OH is 2. The summed E-state index contributed by atoms with van der Waals surface area (Å²) in [6, 6.07) is -6.49. The summed E-state index contributed by atoms with van der Waals surface area (Å²) in [6.07, 6.45) is -3.08. The molecule has 0 aromatic rings. The number of nitrogens with one attached hydrogen (secondary N) is 4. The summed E-state index contributed by atoms with van der Waals surface area (Å²) >= 11 is 0.991. The fourth-order valence-corrected chi connectivity index (χ4v) is 7.40. The maximum atomic E-state index is 13.4. The van der Waals surface area contributed by atoms with E-state index < -0.39 is 138 Å². The number of carbonyl (C=O) groups is 9. The average Bonchev–Trinajstić information content (AvgIpc) is 3.17. The van der Waals surface area contributed by atoms with E-state index in [0.717, 1.165) is 23.8 Å². The maximum absolute atomic E-state index is 13.4. The Morgan fingerprint density at radius 2 is 1.61 bits per heavy atom. The monoisotopic (exact) mass is 861 g/mol. The van der Waals surface area contributed by atoms with Crippen LogP contribution in [-0.4, -0.2) is 159 Å². The Balaban J connectivity index is 2.13. The Hall–Kier alpha value is -4.92. The molecule has 1 fully saturated rings. The zero-order valence-electron chi connectivity index (χ0n) is 32.8. The average molecular weight is 862 g/mol. The highest BCUT2D eigenvalue weighted by atomic mass is 32.2. The number of aliphatic hydroxyl groups is 2. The Morgan fingerprint density at radius 3 is 2.15 bits per heavy atom. The molecule has 6 amide bonds. The lowest BCUT2D eigenvalue weighted by Crippen LogP contribution is -2.80. The molecule has 25 heteroatoms. The molecule has 8 unspecified atom stereocenters. The number of rotatable bonds is 26. The van der Waals surface area contributed by atoms with Gasteiger partial charge in [-0.2, -0.15) is 0 Å². The van der Waals surface area contributed by atoms with Gasteiger partial charge in [0.05, 0.1) is 25.2 Å². The molecular weight excluding hydrogens is 806 g/mol. The van der Waals surface area contributed by atoms with Gasteiger partial charge >= 0.3 is 17.9 Å². The van der Waals surface area contributed by atoms with E-state index >= 15 is 0 Å². The lowest BCUT2D eigenvalue weighted by molar-refractivity contribution is -0.192. The molecule has 0 saturated carbocycles. The number of methoxy groups -OCH3 is 1. The molecule has 0 aromatic heterocycles. The molecule has 0 bridgehead atoms. The van der Waals surface area contributed by atoms with Crippen molar-refractivity contribution in [2.75, 3.05) is 32.6 Å². The van der Waals surface area contributed by atoms with Gasteiger partial charge in [-0.3, -0.25) is 43.3 Å². The van der Waals surface area contributed by atoms with E-state index in [1.165, 1.54) is 0 Å². The summed E-state index contributed by atoms with van der Waals surface area (Å²) < 4.78 is 10.6. The number of carbonyl (C=O) groups excluding carboxylic acids is 7. The van der Waals surface area contributed by atoms with Crippen molar-refractivity contribution in [3.63, 3.8) is 0 Å². The molecule has 8 atom stereocenters. The molecule has 24 nitrogen and oxygen atoms in total. The van der Waals surface area contributed by atoms with E-state index in [-0.39, 0.29) is 43.6 Å². The first-order valence-electron chi connectivity index (χ1n) is 18.5. The van der Waals surface area contributed by atoms with E-state index in [2.05, 4.69) is 21.3 Å². The van der Waals surface area contributed by atoms with E-state index in [4.69, 9.17) is 37.5 Å². The first-order valence-corrected chi connectivity index (χ1v) is 19.5. The molecule has 0 spiro atoms. The zero-order chi connectivity index (χ0) is 44.8. The predicted octanol–water partition coefficient (Wildman–Crippen LogP) is -5.38. The van der Waals surface area contributed by atoms with E-state index in [1.807, 2.05) is 0 Å². The van der Waals surface area contributed by atoms with E-state index in [1.54, 1.807) is 13.8 Å². The maximum Gasteiger partial charge on any atom is 0.352 e. The van der Waals surface area contributed by atoms with Gasteiger partial charge in [-0.1, -0.05) is 13.8 Å². The Kier molecular flexibility index (Phi) is 19.6. The van der Waals surface area contributed by atoms with Crippen molar-refractivity contribution in [1.82, 2.24) is 26.2 Å². The Morgan fingerprint density at radius 1 is 0.949 bits per heavy atom. The minimum atomic E-state index is -1.95. The quantitative estimate of drug-likeness (QED) is 0.0219. The normalized spacial score (nSPS) is 20.5. The van der Waals surface area contributed by atoms with Crippen molar-refractivity contribution >= 4 is 65.1 Å². The number of nitrogens with two attached hydrogens (primary N) is 4. The number of ether oxygens (including phenoxy) is 2. The third kappa shape index (κ3) is 13.6. The number of hydrogen-bond donors (Lipinski definition) is 12. The van der Waals surface area contributed by atoms with Crippen molar-refractivity contribution < 1.29 is 73.1 Å². The molecule has 16 N–H and O–H groups in total. The van der Waals surface area contributed by atoms with Crippen LogP contribution < -0.4 is 44.2 Å². The molecule has 2 aliphatic heterocycles. The van der Waals surface area contributed by atoms with Crippen LogP contribution in [0.5, 0.6) is 0 Å². The molecule has 59 heavy (non-hydrogen) atoms. The summed E-state index contributed by atoms with van der Waals surface area (Å²) in [4.78, 5) is 114. The first kappa shape index (κ1) is 50.2. The molecule has 332 valence electrons. The number of β-lactam (4-membered cyclic amide) rings is 1. The van der Waals surface area contributed by atoms with Crippen LogP contribution in [-0.2, 0) is 52.6 Å². The number of carboxylic acids is 2. The van der Waals surface area contributed by atoms with Crippen LogP contribution in [0.1, 0.15) is 58.8 Å². The summed E-state index contributed by atoms with van der Waals surface area (Å²) in [5.74, 6) is -9.73. The van der Waals surface area contributed by atoms with Crippen LogP contribution >= 0.6 is 11.8 Å². The fraction of sp³-hybridized carbons (Fsp3) is 0.676. The number of nitrogens with zero attached hydrogens (tertiary/aromatic N) is 1. The van der Waals surface area contributed by atoms with Crippen LogP contribution in [0.4, 0.5) is 0 Å². The Labute approximate surface area is 342 Å². The number of fused-ring (bicyclic) bond motifs is 1. The summed E-state index contributed by atoms with van der Waals surface area (Å²) in [5, 5.41) is 47.9. The molecule has 2 heterocycles. The highest BCUT2D eigenvalue weighted by molar-refractivity contribution is 8.00. The standard InChI is InChI=1S/C34H55N9O15S/c1-15(2)25(41-28(50)19(7-5-9-35)39-27(49)18(37)12-44)29(51)40-20(10-22(38)46)21(45)11-24(48)58-13-16-14-59-33-34(57-3,32(56)43(33)26(16)31(54)55)42-23(47)8-4-6-17(36)30(52)53/h15,17-21,25,33,44-45H,4-14,35-37H2,1-3H3,(H2,38,46)(H,39,49)(H,40,51)(H,41,50)(H,42,47)(H,52,53)(H,54,55). The first-order chi connectivity index (χ1) is 27.6. The van der Waals surface area contributed by atoms with Crippen LogP contribution in [0.15, 0.2) is 11.3 Å². The molecule has 1 saturated heterocycles.